The van der Waals surface area contributed by atoms with Crippen LogP contribution in [-0.4, -0.2) is 9.31 Å². The Kier molecular flexibility index (Phi) is 3.22. The van der Waals surface area contributed by atoms with Crippen molar-refractivity contribution in [3.8, 4) is 0 Å². The van der Waals surface area contributed by atoms with Gasteiger partial charge in [-0.1, -0.05) is 53.2 Å². The summed E-state index contributed by atoms with van der Waals surface area (Å²) in [5.74, 6) is 1.16. The first-order valence-electron chi connectivity index (χ1n) is 6.80. The van der Waals surface area contributed by atoms with Gasteiger partial charge in [-0.25, -0.2) is 0 Å². The maximum Gasteiger partial charge on any atom is 0.0704 e. The van der Waals surface area contributed by atoms with Gasteiger partial charge in [0.05, 0.1) is 5.69 Å². The minimum Gasteiger partial charge on any atom is -0.256 e. The molecule has 2 aliphatic rings. The topological polar surface area (TPSA) is 12.9 Å². The first-order valence-corrected chi connectivity index (χ1v) is 7.59. The summed E-state index contributed by atoms with van der Waals surface area (Å²) in [7, 11) is 0. The molecule has 0 bridgehead atoms. The Labute approximate surface area is 123 Å². The van der Waals surface area contributed by atoms with Gasteiger partial charge in [-0.05, 0) is 37.0 Å². The molecule has 2 heteroatoms. The molecule has 19 heavy (non-hydrogen) atoms. The molecule has 3 rings (SSSR count). The highest BCUT2D eigenvalue weighted by Crippen LogP contribution is 2.48. The van der Waals surface area contributed by atoms with Crippen LogP contribution >= 0.6 is 15.9 Å². The van der Waals surface area contributed by atoms with Crippen molar-refractivity contribution >= 4 is 21.5 Å². The zero-order chi connectivity index (χ0) is 13.5. The van der Waals surface area contributed by atoms with Crippen LogP contribution in [0.2, 0.25) is 0 Å². The third-order valence-corrected chi connectivity index (χ3v) is 4.90. The molecule has 3 atom stereocenters. The van der Waals surface area contributed by atoms with Crippen LogP contribution in [-0.2, 0) is 0 Å². The van der Waals surface area contributed by atoms with Gasteiger partial charge in [0.15, 0.2) is 0 Å². The van der Waals surface area contributed by atoms with E-state index in [0.717, 1.165) is 12.1 Å². The molecule has 0 amide bonds. The van der Waals surface area contributed by atoms with Gasteiger partial charge in [-0.15, -0.1) is 0 Å². The number of alkyl halides is 1. The van der Waals surface area contributed by atoms with E-state index in [1.54, 1.807) is 0 Å². The van der Waals surface area contributed by atoms with Crippen LogP contribution in [0.3, 0.4) is 0 Å². The largest absolute Gasteiger partial charge is 0.256 e. The Hall–Kier alpha value is -1.15. The van der Waals surface area contributed by atoms with Gasteiger partial charge in [0.1, 0.15) is 0 Å². The van der Waals surface area contributed by atoms with Crippen molar-refractivity contribution in [3.63, 3.8) is 0 Å². The Morgan fingerprint density at radius 1 is 1.32 bits per heavy atom. The van der Waals surface area contributed by atoms with Crippen LogP contribution in [0.1, 0.15) is 26.0 Å². The third kappa shape index (κ3) is 2.23. The van der Waals surface area contributed by atoms with Gasteiger partial charge in [-0.3, -0.25) is 4.98 Å². The maximum atomic E-state index is 4.51. The van der Waals surface area contributed by atoms with Gasteiger partial charge in [-0.2, -0.15) is 0 Å². The lowest BCUT2D eigenvalue weighted by atomic mass is 9.69. The third-order valence-electron chi connectivity index (χ3n) is 4.15. The van der Waals surface area contributed by atoms with Crippen molar-refractivity contribution in [1.82, 2.24) is 4.98 Å². The second-order valence-corrected chi connectivity index (χ2v) is 7.37. The molecule has 0 saturated heterocycles. The summed E-state index contributed by atoms with van der Waals surface area (Å²) in [5, 5.41) is 0. The van der Waals surface area contributed by atoms with Crippen LogP contribution in [0.25, 0.3) is 5.57 Å². The average molecular weight is 316 g/mol. The lowest BCUT2D eigenvalue weighted by molar-refractivity contribution is 0.367. The van der Waals surface area contributed by atoms with Gasteiger partial charge in [0.2, 0.25) is 0 Å². The summed E-state index contributed by atoms with van der Waals surface area (Å²) in [5.41, 5.74) is 3.75. The predicted molar refractivity (Wildman–Crippen MR) is 84.0 cm³/mol. The molecule has 0 N–H and O–H groups in total. The van der Waals surface area contributed by atoms with E-state index >= 15 is 0 Å². The molecule has 2 aliphatic carbocycles. The SMILES string of the molecule is CC1CC=CC2=C(c3ccccn3)C=CC(C)(Br)C21. The van der Waals surface area contributed by atoms with Crippen LogP contribution < -0.4 is 0 Å². The first kappa shape index (κ1) is 12.9. The molecule has 0 spiro atoms. The number of hydrogen-bond acceptors (Lipinski definition) is 1. The smallest absolute Gasteiger partial charge is 0.0704 e. The summed E-state index contributed by atoms with van der Waals surface area (Å²) in [4.78, 5) is 4.51. The van der Waals surface area contributed by atoms with E-state index in [9.17, 15) is 0 Å². The standard InChI is InChI=1S/C17H18BrN/c1-12-6-5-7-14-13(15-8-3-4-11-19-15)9-10-17(2,18)16(12)14/h3-5,7-12,16H,6H2,1-2H3. The first-order chi connectivity index (χ1) is 9.09. The van der Waals surface area contributed by atoms with E-state index in [4.69, 9.17) is 0 Å². The predicted octanol–water partition coefficient (Wildman–Crippen LogP) is 4.77. The van der Waals surface area contributed by atoms with Crippen molar-refractivity contribution in [2.45, 2.75) is 24.6 Å². The molecule has 1 heterocycles. The van der Waals surface area contributed by atoms with Gasteiger partial charge in [0.25, 0.3) is 0 Å². The van der Waals surface area contributed by atoms with Crippen LogP contribution in [0.15, 0.2) is 54.3 Å². The summed E-state index contributed by atoms with van der Waals surface area (Å²) in [6, 6.07) is 6.11. The molecule has 0 saturated carbocycles. The Balaban J connectivity index is 2.16. The lowest BCUT2D eigenvalue weighted by Crippen LogP contribution is -2.36. The second-order valence-electron chi connectivity index (χ2n) is 5.66. The fraction of sp³-hybridized carbons (Fsp3) is 0.353. The summed E-state index contributed by atoms with van der Waals surface area (Å²) >= 11 is 3.90. The monoisotopic (exact) mass is 315 g/mol. The number of hydrogen-bond donors (Lipinski definition) is 0. The number of allylic oxidation sites excluding steroid dienone is 6. The fourth-order valence-electron chi connectivity index (χ4n) is 3.28. The highest BCUT2D eigenvalue weighted by atomic mass is 79.9. The zero-order valence-electron chi connectivity index (χ0n) is 11.3. The number of nitrogens with zero attached hydrogens (tertiary/aromatic N) is 1. The highest BCUT2D eigenvalue weighted by Gasteiger charge is 2.39. The molecule has 0 radical (unpaired) electrons. The van der Waals surface area contributed by atoms with Crippen LogP contribution in [0, 0.1) is 11.8 Å². The molecule has 98 valence electrons. The van der Waals surface area contributed by atoms with E-state index in [0.29, 0.717) is 11.8 Å². The molecular formula is C17H18BrN. The van der Waals surface area contributed by atoms with Gasteiger partial charge < -0.3 is 0 Å². The molecule has 1 aromatic rings. The summed E-state index contributed by atoms with van der Waals surface area (Å²) < 4.78 is 0.0464. The molecule has 1 aromatic heterocycles. The van der Waals surface area contributed by atoms with Gasteiger partial charge in [0, 0.05) is 22.0 Å². The number of fused-ring (bicyclic) bond motifs is 1. The summed E-state index contributed by atoms with van der Waals surface area (Å²) in [6.45, 7) is 4.60. The molecule has 0 aromatic carbocycles. The normalized spacial score (nSPS) is 33.4. The fourth-order valence-corrected chi connectivity index (χ4v) is 4.11. The van der Waals surface area contributed by atoms with Crippen molar-refractivity contribution in [2.24, 2.45) is 11.8 Å². The number of aromatic nitrogens is 1. The van der Waals surface area contributed by atoms with Crippen LogP contribution in [0.4, 0.5) is 0 Å². The minimum atomic E-state index is 0.0464. The van der Waals surface area contributed by atoms with Crippen molar-refractivity contribution in [2.75, 3.05) is 0 Å². The molecule has 0 fully saturated rings. The Morgan fingerprint density at radius 3 is 2.89 bits per heavy atom. The zero-order valence-corrected chi connectivity index (χ0v) is 12.9. The molecule has 3 unspecified atom stereocenters. The van der Waals surface area contributed by atoms with E-state index in [2.05, 4.69) is 71.2 Å². The highest BCUT2D eigenvalue weighted by molar-refractivity contribution is 9.10. The minimum absolute atomic E-state index is 0.0464. The van der Waals surface area contributed by atoms with Crippen molar-refractivity contribution < 1.29 is 0 Å². The number of halogens is 1. The lowest BCUT2D eigenvalue weighted by Gasteiger charge is -2.41. The average Bonchev–Trinajstić information content (AvgIpc) is 2.39. The molecule has 1 nitrogen and oxygen atoms in total. The van der Waals surface area contributed by atoms with Crippen LogP contribution in [0.5, 0.6) is 0 Å². The number of rotatable bonds is 1. The van der Waals surface area contributed by atoms with Gasteiger partial charge >= 0.3 is 0 Å². The quantitative estimate of drug-likeness (QED) is 0.680. The molecule has 0 aliphatic heterocycles. The van der Waals surface area contributed by atoms with E-state index in [1.807, 2.05) is 12.3 Å². The number of pyridine rings is 1. The van der Waals surface area contributed by atoms with Crippen molar-refractivity contribution in [3.05, 3.63) is 60.0 Å². The summed E-state index contributed by atoms with van der Waals surface area (Å²) in [6.07, 6.45) is 12.1. The maximum absolute atomic E-state index is 4.51. The Morgan fingerprint density at radius 2 is 2.16 bits per heavy atom. The van der Waals surface area contributed by atoms with E-state index < -0.39 is 0 Å². The van der Waals surface area contributed by atoms with E-state index in [1.165, 1.54) is 11.1 Å². The Bertz CT molecular complexity index is 566. The molecular weight excluding hydrogens is 298 g/mol. The van der Waals surface area contributed by atoms with Crippen molar-refractivity contribution in [1.29, 1.82) is 0 Å². The second kappa shape index (κ2) is 4.75. The van der Waals surface area contributed by atoms with E-state index in [-0.39, 0.29) is 4.32 Å².